The number of aromatic nitrogens is 1. The van der Waals surface area contributed by atoms with Crippen LogP contribution in [0.2, 0.25) is 0 Å². The zero-order valence-corrected chi connectivity index (χ0v) is 15.8. The number of rotatable bonds is 7. The van der Waals surface area contributed by atoms with Crippen LogP contribution in [0.25, 0.3) is 10.2 Å². The third-order valence-electron chi connectivity index (χ3n) is 3.92. The van der Waals surface area contributed by atoms with Crippen molar-refractivity contribution in [3.63, 3.8) is 0 Å². The molecular weight excluding hydrogens is 350 g/mol. The summed E-state index contributed by atoms with van der Waals surface area (Å²) in [5.74, 6) is 1.44. The zero-order chi connectivity index (χ0) is 18.5. The molecule has 0 atom stereocenters. The van der Waals surface area contributed by atoms with E-state index in [2.05, 4.69) is 10.3 Å². The number of hydrogen-bond donors (Lipinski definition) is 1. The highest BCUT2D eigenvalue weighted by Crippen LogP contribution is 2.33. The number of anilines is 1. The normalized spacial score (nSPS) is 10.6. The number of fused-ring (bicyclic) bond motifs is 1. The Morgan fingerprint density at radius 1 is 1.19 bits per heavy atom. The van der Waals surface area contributed by atoms with Gasteiger partial charge in [0.05, 0.1) is 25.5 Å². The third kappa shape index (κ3) is 4.05. The Morgan fingerprint density at radius 2 is 2.00 bits per heavy atom. The molecule has 26 heavy (non-hydrogen) atoms. The smallest absolute Gasteiger partial charge is 0.239 e. The molecule has 1 N–H and O–H groups in total. The molecule has 0 aliphatic carbocycles. The van der Waals surface area contributed by atoms with Gasteiger partial charge >= 0.3 is 0 Å². The number of likely N-dealkylation sites (N-methyl/N-ethyl adjacent to an activating group) is 1. The number of methoxy groups -OCH3 is 2. The number of hydrogen-bond acceptors (Lipinski definition) is 6. The average molecular weight is 371 g/mol. The minimum Gasteiger partial charge on any atom is -0.497 e. The first-order chi connectivity index (χ1) is 12.6. The molecule has 136 valence electrons. The van der Waals surface area contributed by atoms with E-state index < -0.39 is 0 Å². The molecule has 0 aliphatic rings. The number of carbonyl (C=O) groups excluding carboxylic acids is 1. The van der Waals surface area contributed by atoms with Crippen LogP contribution in [0, 0.1) is 0 Å². The van der Waals surface area contributed by atoms with Crippen LogP contribution < -0.4 is 19.7 Å². The highest BCUT2D eigenvalue weighted by atomic mass is 32.1. The summed E-state index contributed by atoms with van der Waals surface area (Å²) in [5.41, 5.74) is 1.81. The van der Waals surface area contributed by atoms with Crippen molar-refractivity contribution in [2.45, 2.75) is 6.54 Å². The van der Waals surface area contributed by atoms with Gasteiger partial charge < -0.3 is 19.7 Å². The van der Waals surface area contributed by atoms with Crippen molar-refractivity contribution in [3.8, 4) is 11.5 Å². The molecule has 0 spiro atoms. The summed E-state index contributed by atoms with van der Waals surface area (Å²) in [7, 11) is 5.11. The Kier molecular flexibility index (Phi) is 5.58. The fourth-order valence-electron chi connectivity index (χ4n) is 2.56. The van der Waals surface area contributed by atoms with E-state index in [-0.39, 0.29) is 12.5 Å². The van der Waals surface area contributed by atoms with Gasteiger partial charge in [0, 0.05) is 13.6 Å². The molecule has 1 heterocycles. The molecule has 6 nitrogen and oxygen atoms in total. The number of thiazole rings is 1. The van der Waals surface area contributed by atoms with E-state index >= 15 is 0 Å². The van der Waals surface area contributed by atoms with Crippen LogP contribution in [0.15, 0.2) is 42.5 Å². The van der Waals surface area contributed by atoms with Gasteiger partial charge in [0.15, 0.2) is 5.13 Å². The van der Waals surface area contributed by atoms with Crippen molar-refractivity contribution in [1.82, 2.24) is 10.3 Å². The van der Waals surface area contributed by atoms with Crippen molar-refractivity contribution in [3.05, 3.63) is 48.0 Å². The fourth-order valence-corrected chi connectivity index (χ4v) is 3.51. The molecule has 0 aliphatic heterocycles. The number of ether oxygens (including phenoxy) is 2. The van der Waals surface area contributed by atoms with Gasteiger partial charge in [-0.2, -0.15) is 0 Å². The molecular formula is C19H21N3O3S. The Labute approximate surface area is 156 Å². The number of amides is 1. The molecule has 7 heteroatoms. The molecule has 2 aromatic carbocycles. The number of para-hydroxylation sites is 1. The van der Waals surface area contributed by atoms with Crippen LogP contribution in [0.1, 0.15) is 5.56 Å². The molecule has 1 amide bonds. The van der Waals surface area contributed by atoms with Crippen molar-refractivity contribution in [2.75, 3.05) is 32.7 Å². The predicted octanol–water partition coefficient (Wildman–Crippen LogP) is 3.07. The largest absolute Gasteiger partial charge is 0.497 e. The van der Waals surface area contributed by atoms with E-state index in [1.807, 2.05) is 54.4 Å². The molecule has 3 aromatic rings. The van der Waals surface area contributed by atoms with E-state index in [0.717, 1.165) is 32.4 Å². The minimum atomic E-state index is -0.0680. The second kappa shape index (κ2) is 8.05. The quantitative estimate of drug-likeness (QED) is 0.692. The Balaban J connectivity index is 1.62. The van der Waals surface area contributed by atoms with E-state index in [4.69, 9.17) is 9.47 Å². The molecule has 0 saturated carbocycles. The van der Waals surface area contributed by atoms with Crippen molar-refractivity contribution >= 4 is 32.6 Å². The van der Waals surface area contributed by atoms with Gasteiger partial charge in [-0.3, -0.25) is 4.79 Å². The lowest BCUT2D eigenvalue weighted by Gasteiger charge is -2.15. The van der Waals surface area contributed by atoms with Crippen molar-refractivity contribution in [1.29, 1.82) is 0 Å². The number of nitrogens with zero attached hydrogens (tertiary/aromatic N) is 2. The Hall–Kier alpha value is -2.80. The summed E-state index contributed by atoms with van der Waals surface area (Å²) < 4.78 is 11.6. The van der Waals surface area contributed by atoms with Gasteiger partial charge in [-0.1, -0.05) is 29.5 Å². The van der Waals surface area contributed by atoms with Gasteiger partial charge in [0.1, 0.15) is 17.0 Å². The van der Waals surface area contributed by atoms with Crippen LogP contribution in [0.4, 0.5) is 5.13 Å². The van der Waals surface area contributed by atoms with Crippen LogP contribution in [0.3, 0.4) is 0 Å². The summed E-state index contributed by atoms with van der Waals surface area (Å²) in [6.07, 6.45) is 0. The molecule has 0 saturated heterocycles. The summed E-state index contributed by atoms with van der Waals surface area (Å²) >= 11 is 1.53. The van der Waals surface area contributed by atoms with Gasteiger partial charge in [-0.25, -0.2) is 4.98 Å². The van der Waals surface area contributed by atoms with Gasteiger partial charge in [-0.05, 0) is 29.8 Å². The lowest BCUT2D eigenvalue weighted by atomic mass is 10.2. The number of carbonyl (C=O) groups is 1. The predicted molar refractivity (Wildman–Crippen MR) is 104 cm³/mol. The second-order valence-electron chi connectivity index (χ2n) is 5.79. The van der Waals surface area contributed by atoms with Crippen molar-refractivity contribution in [2.24, 2.45) is 0 Å². The third-order valence-corrected chi connectivity index (χ3v) is 5.06. The highest BCUT2D eigenvalue weighted by Gasteiger charge is 2.14. The van der Waals surface area contributed by atoms with E-state index in [1.54, 1.807) is 14.2 Å². The maximum Gasteiger partial charge on any atom is 0.239 e. The summed E-state index contributed by atoms with van der Waals surface area (Å²) in [4.78, 5) is 18.7. The van der Waals surface area contributed by atoms with Crippen molar-refractivity contribution < 1.29 is 14.3 Å². The molecule has 0 radical (unpaired) electrons. The number of nitrogens with one attached hydrogen (secondary N) is 1. The van der Waals surface area contributed by atoms with Crippen LogP contribution >= 0.6 is 11.3 Å². The highest BCUT2D eigenvalue weighted by molar-refractivity contribution is 7.22. The second-order valence-corrected chi connectivity index (χ2v) is 6.80. The summed E-state index contributed by atoms with van der Waals surface area (Å²) in [5, 5.41) is 3.70. The SMILES string of the molecule is COc1cccc(CNC(=O)CN(C)c2nc3c(OC)cccc3s2)c1. The van der Waals surface area contributed by atoms with Crippen LogP contribution in [0.5, 0.6) is 11.5 Å². The number of benzene rings is 2. The lowest BCUT2D eigenvalue weighted by molar-refractivity contribution is -0.119. The topological polar surface area (TPSA) is 63.7 Å². The minimum absolute atomic E-state index is 0.0680. The maximum absolute atomic E-state index is 12.3. The zero-order valence-electron chi connectivity index (χ0n) is 15.0. The van der Waals surface area contributed by atoms with Crippen LogP contribution in [-0.4, -0.2) is 38.7 Å². The molecule has 1 aromatic heterocycles. The molecule has 0 fully saturated rings. The molecule has 0 unspecified atom stereocenters. The molecule has 3 rings (SSSR count). The van der Waals surface area contributed by atoms with Gasteiger partial charge in [0.2, 0.25) is 5.91 Å². The summed E-state index contributed by atoms with van der Waals surface area (Å²) in [6.45, 7) is 0.684. The van der Waals surface area contributed by atoms with Gasteiger partial charge in [0.25, 0.3) is 0 Å². The average Bonchev–Trinajstić information content (AvgIpc) is 3.11. The Morgan fingerprint density at radius 3 is 2.77 bits per heavy atom. The first kappa shape index (κ1) is 18.0. The molecule has 0 bridgehead atoms. The van der Waals surface area contributed by atoms with E-state index in [9.17, 15) is 4.79 Å². The maximum atomic E-state index is 12.3. The first-order valence-electron chi connectivity index (χ1n) is 8.15. The van der Waals surface area contributed by atoms with E-state index in [1.165, 1.54) is 11.3 Å². The van der Waals surface area contributed by atoms with Crippen LogP contribution in [-0.2, 0) is 11.3 Å². The summed E-state index contributed by atoms with van der Waals surface area (Å²) in [6, 6.07) is 13.4. The van der Waals surface area contributed by atoms with Gasteiger partial charge in [-0.15, -0.1) is 0 Å². The lowest BCUT2D eigenvalue weighted by Crippen LogP contribution is -2.34. The Bertz CT molecular complexity index is 910. The monoisotopic (exact) mass is 371 g/mol. The first-order valence-corrected chi connectivity index (χ1v) is 8.96. The standard InChI is InChI=1S/C19H21N3O3S/c1-22(19-21-18-15(25-3)8-5-9-16(18)26-19)12-17(23)20-11-13-6-4-7-14(10-13)24-2/h4-10H,11-12H2,1-3H3,(H,20,23). The van der Waals surface area contributed by atoms with E-state index in [0.29, 0.717) is 6.54 Å². The fraction of sp³-hybridized carbons (Fsp3) is 0.263.